The minimum Gasteiger partial charge on any atom is -0.368 e. The molecule has 3 atom stereocenters. The van der Waals surface area contributed by atoms with E-state index in [0.29, 0.717) is 12.2 Å². The van der Waals surface area contributed by atoms with Gasteiger partial charge in [0.15, 0.2) is 0 Å². The minimum atomic E-state index is 0.291. The summed E-state index contributed by atoms with van der Waals surface area (Å²) in [6.45, 7) is 9.19. The van der Waals surface area contributed by atoms with Crippen LogP contribution in [-0.2, 0) is 0 Å². The minimum absolute atomic E-state index is 0.291. The summed E-state index contributed by atoms with van der Waals surface area (Å²) >= 11 is 0. The third-order valence-electron chi connectivity index (χ3n) is 5.23. The van der Waals surface area contributed by atoms with Crippen LogP contribution in [0.5, 0.6) is 0 Å². The fourth-order valence-electron chi connectivity index (χ4n) is 3.21. The van der Waals surface area contributed by atoms with Crippen molar-refractivity contribution in [1.29, 1.82) is 0 Å². The molecule has 3 unspecified atom stereocenters. The molecule has 0 amide bonds. The zero-order valence-electron chi connectivity index (χ0n) is 17.4. The lowest BCUT2D eigenvalue weighted by Crippen LogP contribution is -2.46. The summed E-state index contributed by atoms with van der Waals surface area (Å²) < 4.78 is 0. The van der Waals surface area contributed by atoms with Crippen LogP contribution in [0.25, 0.3) is 0 Å². The first kappa shape index (κ1) is 22.0. The topological polar surface area (TPSA) is 39.7 Å². The van der Waals surface area contributed by atoms with Crippen molar-refractivity contribution in [3.8, 4) is 0 Å². The van der Waals surface area contributed by atoms with Crippen LogP contribution >= 0.6 is 0 Å². The van der Waals surface area contributed by atoms with Gasteiger partial charge < -0.3 is 5.32 Å². The maximum absolute atomic E-state index is 4.68. The van der Waals surface area contributed by atoms with Gasteiger partial charge >= 0.3 is 0 Å². The van der Waals surface area contributed by atoms with E-state index in [4.69, 9.17) is 0 Å². The Morgan fingerprint density at radius 3 is 2.72 bits per heavy atom. The molecule has 4 heteroatoms. The number of nitrogens with zero attached hydrogens (tertiary/aromatic N) is 2. The van der Waals surface area contributed by atoms with Crippen molar-refractivity contribution in [2.24, 2.45) is 11.0 Å². The van der Waals surface area contributed by atoms with Crippen LogP contribution in [-0.4, -0.2) is 30.5 Å². The zero-order valence-corrected chi connectivity index (χ0v) is 17.4. The molecule has 0 spiro atoms. The van der Waals surface area contributed by atoms with Crippen molar-refractivity contribution in [3.63, 3.8) is 0 Å². The highest BCUT2D eigenvalue weighted by atomic mass is 15.6. The summed E-state index contributed by atoms with van der Waals surface area (Å²) in [4.78, 5) is 0. The van der Waals surface area contributed by atoms with Gasteiger partial charge in [-0.2, -0.15) is 5.10 Å². The van der Waals surface area contributed by atoms with Crippen LogP contribution in [0, 0.1) is 5.92 Å². The van der Waals surface area contributed by atoms with E-state index in [1.807, 2.05) is 13.3 Å². The molecule has 2 N–H and O–H groups in total. The Bertz CT molecular complexity index is 391. The summed E-state index contributed by atoms with van der Waals surface area (Å²) in [5.74, 6) is 1.97. The molecule has 0 aliphatic carbocycles. The molecule has 0 aromatic rings. The predicted molar refractivity (Wildman–Crippen MR) is 111 cm³/mol. The Labute approximate surface area is 156 Å². The van der Waals surface area contributed by atoms with Crippen molar-refractivity contribution in [1.82, 2.24) is 15.6 Å². The van der Waals surface area contributed by atoms with Crippen molar-refractivity contribution in [2.45, 2.75) is 104 Å². The van der Waals surface area contributed by atoms with Gasteiger partial charge in [-0.05, 0) is 58.1 Å². The Balaban J connectivity index is 2.68. The van der Waals surface area contributed by atoms with Crippen molar-refractivity contribution < 1.29 is 0 Å². The molecule has 0 aromatic carbocycles. The van der Waals surface area contributed by atoms with Crippen LogP contribution in [0.2, 0.25) is 0 Å². The van der Waals surface area contributed by atoms with Crippen LogP contribution < -0.4 is 10.6 Å². The fraction of sp³-hybridized carbons (Fsp3) is 0.857. The number of hydrazone groups is 1. The summed E-state index contributed by atoms with van der Waals surface area (Å²) in [7, 11) is 2.03. The molecular weight excluding hydrogens is 308 g/mol. The zero-order chi connectivity index (χ0) is 18.5. The Hall–Kier alpha value is -1.03. The molecule has 146 valence electrons. The fourth-order valence-corrected chi connectivity index (χ4v) is 3.21. The van der Waals surface area contributed by atoms with E-state index in [-0.39, 0.29) is 0 Å². The van der Waals surface area contributed by atoms with Gasteiger partial charge in [0.1, 0.15) is 12.0 Å². The molecule has 1 heterocycles. The third-order valence-corrected chi connectivity index (χ3v) is 5.23. The first-order chi connectivity index (χ1) is 12.1. The smallest absolute Gasteiger partial charge is 0.120 e. The SMILES string of the molecule is CCCCCCC(C)N/C(=C/CCC(C)CC)N1N=CCCC1NC. The van der Waals surface area contributed by atoms with Gasteiger partial charge in [-0.15, -0.1) is 0 Å². The Morgan fingerprint density at radius 2 is 2.04 bits per heavy atom. The molecule has 4 nitrogen and oxygen atoms in total. The van der Waals surface area contributed by atoms with E-state index in [1.54, 1.807) is 0 Å². The number of unbranched alkanes of at least 4 members (excludes halogenated alkanes) is 3. The van der Waals surface area contributed by atoms with E-state index in [9.17, 15) is 0 Å². The average Bonchev–Trinajstić information content (AvgIpc) is 2.64. The van der Waals surface area contributed by atoms with Crippen LogP contribution in [0.1, 0.15) is 91.9 Å². The standard InChI is InChI=1S/C21H42N4/c1-6-8-9-10-14-19(4)24-21(15-11-13-18(3)7-2)25-20(22-5)16-12-17-23-25/h15,17-20,22,24H,6-14,16H2,1-5H3/b21-15-. The quantitative estimate of drug-likeness (QED) is 0.447. The highest BCUT2D eigenvalue weighted by molar-refractivity contribution is 5.57. The number of hydrogen-bond donors (Lipinski definition) is 2. The lowest BCUT2D eigenvalue weighted by molar-refractivity contribution is 0.192. The van der Waals surface area contributed by atoms with Gasteiger partial charge in [-0.1, -0.05) is 52.9 Å². The van der Waals surface area contributed by atoms with Crippen molar-refractivity contribution in [2.75, 3.05) is 7.05 Å². The normalized spacial score (nSPS) is 20.6. The predicted octanol–water partition coefficient (Wildman–Crippen LogP) is 5.23. The number of allylic oxidation sites excluding steroid dienone is 1. The molecule has 0 bridgehead atoms. The van der Waals surface area contributed by atoms with Gasteiger partial charge in [0.2, 0.25) is 0 Å². The summed E-state index contributed by atoms with van der Waals surface area (Å²) in [5.41, 5.74) is 0. The second-order valence-electron chi connectivity index (χ2n) is 7.60. The molecule has 0 saturated heterocycles. The summed E-state index contributed by atoms with van der Waals surface area (Å²) in [6, 6.07) is 0.487. The van der Waals surface area contributed by atoms with Crippen LogP contribution in [0.4, 0.5) is 0 Å². The summed E-state index contributed by atoms with van der Waals surface area (Å²) in [6.07, 6.45) is 17.0. The van der Waals surface area contributed by atoms with Gasteiger partial charge in [0.05, 0.1) is 0 Å². The Kier molecular flexibility index (Phi) is 11.6. The number of nitrogens with one attached hydrogen (secondary N) is 2. The first-order valence-corrected chi connectivity index (χ1v) is 10.6. The highest BCUT2D eigenvalue weighted by Gasteiger charge is 2.22. The van der Waals surface area contributed by atoms with Gasteiger partial charge in [-0.25, -0.2) is 5.01 Å². The molecule has 0 radical (unpaired) electrons. The first-order valence-electron chi connectivity index (χ1n) is 10.6. The van der Waals surface area contributed by atoms with E-state index in [2.05, 4.69) is 54.5 Å². The molecule has 0 saturated carbocycles. The third kappa shape index (κ3) is 8.75. The lowest BCUT2D eigenvalue weighted by atomic mass is 10.0. The van der Waals surface area contributed by atoms with Gasteiger partial charge in [0, 0.05) is 12.3 Å². The average molecular weight is 351 g/mol. The second-order valence-corrected chi connectivity index (χ2v) is 7.60. The van der Waals surface area contributed by atoms with Crippen molar-refractivity contribution >= 4 is 6.21 Å². The maximum atomic E-state index is 4.68. The monoisotopic (exact) mass is 350 g/mol. The van der Waals surface area contributed by atoms with Gasteiger partial charge in [0.25, 0.3) is 0 Å². The van der Waals surface area contributed by atoms with E-state index in [0.717, 1.165) is 25.2 Å². The second kappa shape index (κ2) is 13.2. The molecule has 25 heavy (non-hydrogen) atoms. The number of hydrogen-bond acceptors (Lipinski definition) is 4. The summed E-state index contributed by atoms with van der Waals surface area (Å²) in [5, 5.41) is 14.0. The molecule has 0 aromatic heterocycles. The maximum Gasteiger partial charge on any atom is 0.120 e. The largest absolute Gasteiger partial charge is 0.368 e. The van der Waals surface area contributed by atoms with Gasteiger partial charge in [-0.3, -0.25) is 5.32 Å². The van der Waals surface area contributed by atoms with Crippen molar-refractivity contribution in [3.05, 3.63) is 11.9 Å². The van der Waals surface area contributed by atoms with E-state index >= 15 is 0 Å². The van der Waals surface area contributed by atoms with Crippen LogP contribution in [0.3, 0.4) is 0 Å². The molecule has 0 fully saturated rings. The Morgan fingerprint density at radius 1 is 1.24 bits per heavy atom. The molecule has 1 rings (SSSR count). The highest BCUT2D eigenvalue weighted by Crippen LogP contribution is 2.18. The van der Waals surface area contributed by atoms with Crippen LogP contribution in [0.15, 0.2) is 17.0 Å². The van der Waals surface area contributed by atoms with E-state index in [1.165, 1.54) is 50.8 Å². The van der Waals surface area contributed by atoms with E-state index < -0.39 is 0 Å². The molecule has 1 aliphatic heterocycles. The lowest BCUT2D eigenvalue weighted by Gasteiger charge is -2.35. The molecule has 1 aliphatic rings. The molecular formula is C21H42N4. The number of rotatable bonds is 13.